The van der Waals surface area contributed by atoms with E-state index in [0.29, 0.717) is 5.17 Å². The normalized spacial score (nSPS) is 33.5. The van der Waals surface area contributed by atoms with Crippen LogP contribution in [0.4, 0.5) is 17.6 Å². The zero-order valence-electron chi connectivity index (χ0n) is 11.5. The number of fused-ring (bicyclic) bond motifs is 1. The summed E-state index contributed by atoms with van der Waals surface area (Å²) >= 11 is 1.06. The van der Waals surface area contributed by atoms with Crippen LogP contribution < -0.4 is 0 Å². The Kier molecular flexibility index (Phi) is 5.14. The second-order valence-corrected chi connectivity index (χ2v) is 6.31. The van der Waals surface area contributed by atoms with Crippen molar-refractivity contribution in [2.45, 2.75) is 43.0 Å². The highest BCUT2D eigenvalue weighted by Crippen LogP contribution is 2.39. The van der Waals surface area contributed by atoms with Gasteiger partial charge >= 0.3 is 0 Å². The summed E-state index contributed by atoms with van der Waals surface area (Å²) in [4.78, 5) is 9.31. The molecule has 2 aliphatic heterocycles. The smallest absolute Gasteiger partial charge is 0.294 e. The molecule has 0 amide bonds. The van der Waals surface area contributed by atoms with Crippen molar-refractivity contribution in [2.75, 3.05) is 20.7 Å². The van der Waals surface area contributed by atoms with Crippen molar-refractivity contribution in [3.8, 4) is 0 Å². The molecule has 1 N–H and O–H groups in total. The van der Waals surface area contributed by atoms with Crippen LogP contribution in [-0.2, 0) is 9.57 Å². The average molecular weight is 333 g/mol. The van der Waals surface area contributed by atoms with Gasteiger partial charge in [0.2, 0.25) is 0 Å². The number of aliphatic hydroxyl groups excluding tert-OH is 1. The van der Waals surface area contributed by atoms with Gasteiger partial charge in [-0.1, -0.05) is 0 Å². The first-order chi connectivity index (χ1) is 9.70. The van der Waals surface area contributed by atoms with Crippen molar-refractivity contribution in [3.05, 3.63) is 0 Å². The highest BCUT2D eigenvalue weighted by atomic mass is 32.2. The number of hydroxylamine groups is 3. The topological polar surface area (TPSA) is 51.0 Å². The first-order valence-electron chi connectivity index (χ1n) is 6.34. The summed E-state index contributed by atoms with van der Waals surface area (Å²) in [5.41, 5.74) is -0.657. The van der Waals surface area contributed by atoms with Gasteiger partial charge in [-0.05, 0) is 11.8 Å². The van der Waals surface area contributed by atoms with E-state index >= 15 is 0 Å². The van der Waals surface area contributed by atoms with Crippen molar-refractivity contribution < 1.29 is 36.9 Å². The fraction of sp³-hybridized carbons (Fsp3) is 0.909. The molecule has 0 bridgehead atoms. The van der Waals surface area contributed by atoms with Crippen molar-refractivity contribution >= 4 is 16.9 Å². The quantitative estimate of drug-likeness (QED) is 0.481. The van der Waals surface area contributed by atoms with Gasteiger partial charge in [-0.25, -0.2) is 22.6 Å². The highest BCUT2D eigenvalue weighted by molar-refractivity contribution is 8.14. The summed E-state index contributed by atoms with van der Waals surface area (Å²) in [5.74, 6) is 0. The van der Waals surface area contributed by atoms with E-state index in [0.717, 1.165) is 11.8 Å². The number of rotatable bonds is 4. The molecule has 10 heteroatoms. The van der Waals surface area contributed by atoms with Gasteiger partial charge in [-0.3, -0.25) is 0 Å². The third kappa shape index (κ3) is 3.86. The van der Waals surface area contributed by atoms with Crippen LogP contribution in [0.1, 0.15) is 6.42 Å². The van der Waals surface area contributed by atoms with Crippen LogP contribution in [0.5, 0.6) is 0 Å². The minimum atomic E-state index is -2.79. The summed E-state index contributed by atoms with van der Waals surface area (Å²) in [6.45, 7) is -0.759. The number of ether oxygens (including phenoxy) is 1. The van der Waals surface area contributed by atoms with Gasteiger partial charge in [-0.15, -0.1) is 4.65 Å². The van der Waals surface area contributed by atoms with Crippen molar-refractivity contribution in [1.29, 1.82) is 0 Å². The first kappa shape index (κ1) is 16.9. The SMILES string of the molecule is C[N+](C)(OCC(F)F)C1=N[C@@H]2C[C@H](O)[C@@H](C(F)F)O[C@@H]2S1. The molecule has 0 aliphatic carbocycles. The molecule has 2 rings (SSSR count). The fourth-order valence-electron chi connectivity index (χ4n) is 2.12. The molecule has 2 heterocycles. The third-order valence-electron chi connectivity index (χ3n) is 3.20. The number of nitrogens with zero attached hydrogens (tertiary/aromatic N) is 2. The molecule has 0 radical (unpaired) electrons. The van der Waals surface area contributed by atoms with Crippen LogP contribution in [0, 0.1) is 0 Å². The molecular weight excluding hydrogens is 316 g/mol. The van der Waals surface area contributed by atoms with E-state index in [-0.39, 0.29) is 11.1 Å². The molecule has 1 saturated heterocycles. The van der Waals surface area contributed by atoms with Crippen LogP contribution >= 0.6 is 11.8 Å². The van der Waals surface area contributed by atoms with Gasteiger partial charge in [0.05, 0.1) is 12.1 Å². The predicted molar refractivity (Wildman–Crippen MR) is 68.2 cm³/mol. The molecule has 0 spiro atoms. The molecule has 0 saturated carbocycles. The molecular formula is C11H17F4N2O3S+. The second-order valence-electron chi connectivity index (χ2n) is 5.24. The zero-order valence-corrected chi connectivity index (χ0v) is 12.3. The molecule has 0 unspecified atom stereocenters. The lowest BCUT2D eigenvalue weighted by molar-refractivity contribution is -1.00. The van der Waals surface area contributed by atoms with Gasteiger partial charge in [0.15, 0.2) is 6.61 Å². The van der Waals surface area contributed by atoms with E-state index in [9.17, 15) is 22.7 Å². The predicted octanol–water partition coefficient (Wildman–Crippen LogP) is 1.47. The van der Waals surface area contributed by atoms with E-state index in [2.05, 4.69) is 4.99 Å². The second kappa shape index (κ2) is 6.37. The molecule has 21 heavy (non-hydrogen) atoms. The van der Waals surface area contributed by atoms with Crippen LogP contribution in [0.2, 0.25) is 0 Å². The lowest BCUT2D eigenvalue weighted by atomic mass is 10.0. The number of thioether (sulfide) groups is 1. The minimum Gasteiger partial charge on any atom is -0.390 e. The Morgan fingerprint density at radius 1 is 1.43 bits per heavy atom. The summed E-state index contributed by atoms with van der Waals surface area (Å²) < 4.78 is 54.7. The van der Waals surface area contributed by atoms with Gasteiger partial charge < -0.3 is 9.84 Å². The molecule has 0 aromatic carbocycles. The van der Waals surface area contributed by atoms with E-state index in [1.54, 1.807) is 0 Å². The number of alkyl halides is 4. The molecule has 122 valence electrons. The van der Waals surface area contributed by atoms with E-state index in [4.69, 9.17) is 9.57 Å². The van der Waals surface area contributed by atoms with E-state index < -0.39 is 43.1 Å². The molecule has 1 fully saturated rings. The lowest BCUT2D eigenvalue weighted by Crippen LogP contribution is -2.47. The Labute approximate surface area is 123 Å². The highest BCUT2D eigenvalue weighted by Gasteiger charge is 2.49. The Morgan fingerprint density at radius 2 is 2.10 bits per heavy atom. The number of hydrogen-bond acceptors (Lipinski definition) is 5. The number of aliphatic hydroxyl groups is 1. The van der Waals surface area contributed by atoms with Gasteiger partial charge in [0, 0.05) is 6.42 Å². The number of hydrogen-bond donors (Lipinski definition) is 1. The molecule has 0 aromatic rings. The van der Waals surface area contributed by atoms with Gasteiger partial charge in [0.1, 0.15) is 25.6 Å². The molecule has 4 atom stereocenters. The third-order valence-corrected chi connectivity index (χ3v) is 4.61. The summed E-state index contributed by atoms with van der Waals surface area (Å²) in [7, 11) is 3.04. The minimum absolute atomic E-state index is 0.0466. The Hall–Kier alpha value is -0.420. The standard InChI is InChI=1S/C11H17F4N2O3S/c1-17(2,19-4-7(12)13)11-16-5-3-6(18)8(9(14)15)20-10(5)21-11/h5-10,18H,3-4H2,1-2H3/q+1/t5-,6+,8+,10-/m1/s1. The molecule has 5 nitrogen and oxygen atoms in total. The summed E-state index contributed by atoms with van der Waals surface area (Å²) in [6.07, 6.45) is -8.20. The molecule has 0 aromatic heterocycles. The Balaban J connectivity index is 2.02. The van der Waals surface area contributed by atoms with E-state index in [1.807, 2.05) is 0 Å². The molecule has 2 aliphatic rings. The monoisotopic (exact) mass is 333 g/mol. The lowest BCUT2D eigenvalue weighted by Gasteiger charge is -2.33. The maximum absolute atomic E-state index is 12.7. The number of amidine groups is 1. The largest absolute Gasteiger partial charge is 0.390 e. The first-order valence-corrected chi connectivity index (χ1v) is 7.22. The van der Waals surface area contributed by atoms with Crippen molar-refractivity contribution in [3.63, 3.8) is 0 Å². The zero-order chi connectivity index (χ0) is 15.8. The van der Waals surface area contributed by atoms with Crippen molar-refractivity contribution in [1.82, 2.24) is 0 Å². The number of aliphatic imine (C=N–C) groups is 1. The number of halogens is 4. The van der Waals surface area contributed by atoms with Crippen molar-refractivity contribution in [2.24, 2.45) is 4.99 Å². The van der Waals surface area contributed by atoms with Gasteiger partial charge in [0.25, 0.3) is 18.0 Å². The fourth-order valence-corrected chi connectivity index (χ4v) is 3.34. The maximum atomic E-state index is 12.7. The summed E-state index contributed by atoms with van der Waals surface area (Å²) in [5, 5.41) is 9.99. The van der Waals surface area contributed by atoms with Crippen LogP contribution in [0.15, 0.2) is 4.99 Å². The van der Waals surface area contributed by atoms with E-state index in [1.165, 1.54) is 14.1 Å². The van der Waals surface area contributed by atoms with Gasteiger partial charge in [-0.2, -0.15) is 4.84 Å². The number of quaternary nitrogens is 1. The van der Waals surface area contributed by atoms with Crippen LogP contribution in [0.25, 0.3) is 0 Å². The summed E-state index contributed by atoms with van der Waals surface area (Å²) in [6, 6.07) is -0.484. The Bertz CT molecular complexity index is 411. The maximum Gasteiger partial charge on any atom is 0.294 e. The van der Waals surface area contributed by atoms with Crippen LogP contribution in [-0.4, -0.2) is 72.2 Å². The average Bonchev–Trinajstić information content (AvgIpc) is 2.78. The van der Waals surface area contributed by atoms with Crippen LogP contribution in [0.3, 0.4) is 0 Å². The Morgan fingerprint density at radius 3 is 2.67 bits per heavy atom.